The van der Waals surface area contributed by atoms with Crippen LogP contribution in [0.15, 0.2) is 27.3 Å². The molecular formula is C9H7BrO2. The Morgan fingerprint density at radius 2 is 2.17 bits per heavy atom. The van der Waals surface area contributed by atoms with E-state index in [2.05, 4.69) is 15.9 Å². The molecule has 0 saturated heterocycles. The summed E-state index contributed by atoms with van der Waals surface area (Å²) in [5.41, 5.74) is 1.80. The molecule has 62 valence electrons. The van der Waals surface area contributed by atoms with Crippen LogP contribution in [0.5, 0.6) is 5.75 Å². The summed E-state index contributed by atoms with van der Waals surface area (Å²) in [5, 5.41) is 10.2. The van der Waals surface area contributed by atoms with Crippen molar-refractivity contribution in [3.63, 3.8) is 0 Å². The number of rotatable bonds is 0. The van der Waals surface area contributed by atoms with Gasteiger partial charge in [0.2, 0.25) is 4.67 Å². The SMILES string of the molecule is Cc1ccc2oc(Br)c(O)c2c1. The highest BCUT2D eigenvalue weighted by atomic mass is 79.9. The standard InChI is InChI=1S/C9H7BrO2/c1-5-2-3-7-6(4-5)8(11)9(10)12-7/h2-4,11H,1H3. The Hall–Kier alpha value is -0.960. The second kappa shape index (κ2) is 2.52. The minimum atomic E-state index is 0.175. The number of hydrogen-bond donors (Lipinski definition) is 1. The lowest BCUT2D eigenvalue weighted by Crippen LogP contribution is -1.69. The van der Waals surface area contributed by atoms with Gasteiger partial charge in [-0.05, 0) is 35.0 Å². The fraction of sp³-hybridized carbons (Fsp3) is 0.111. The summed E-state index contributed by atoms with van der Waals surface area (Å²) >= 11 is 3.12. The van der Waals surface area contributed by atoms with Crippen LogP contribution in [0.3, 0.4) is 0 Å². The van der Waals surface area contributed by atoms with Crippen LogP contribution in [0.1, 0.15) is 5.56 Å². The first-order valence-electron chi connectivity index (χ1n) is 3.56. The van der Waals surface area contributed by atoms with Crippen molar-refractivity contribution >= 4 is 26.9 Å². The first-order valence-corrected chi connectivity index (χ1v) is 4.35. The molecule has 1 aromatic heterocycles. The van der Waals surface area contributed by atoms with Crippen molar-refractivity contribution in [2.24, 2.45) is 0 Å². The number of furan rings is 1. The van der Waals surface area contributed by atoms with Crippen LogP contribution >= 0.6 is 15.9 Å². The van der Waals surface area contributed by atoms with Crippen LogP contribution in [-0.2, 0) is 0 Å². The topological polar surface area (TPSA) is 33.4 Å². The number of halogens is 1. The average Bonchev–Trinajstić information content (AvgIpc) is 2.31. The molecule has 0 fully saturated rings. The lowest BCUT2D eigenvalue weighted by atomic mass is 10.2. The van der Waals surface area contributed by atoms with Gasteiger partial charge in [0.25, 0.3) is 0 Å². The maximum absolute atomic E-state index is 9.48. The van der Waals surface area contributed by atoms with Gasteiger partial charge in [0.1, 0.15) is 5.58 Å². The van der Waals surface area contributed by atoms with E-state index in [1.54, 1.807) is 0 Å². The van der Waals surface area contributed by atoms with Gasteiger partial charge in [-0.1, -0.05) is 11.6 Å². The van der Waals surface area contributed by atoms with Crippen molar-refractivity contribution in [2.75, 3.05) is 0 Å². The van der Waals surface area contributed by atoms with Crippen molar-refractivity contribution in [1.82, 2.24) is 0 Å². The van der Waals surface area contributed by atoms with Crippen LogP contribution in [0.4, 0.5) is 0 Å². The van der Waals surface area contributed by atoms with Crippen molar-refractivity contribution in [2.45, 2.75) is 6.92 Å². The number of hydrogen-bond acceptors (Lipinski definition) is 2. The van der Waals surface area contributed by atoms with E-state index in [1.165, 1.54) is 0 Å². The van der Waals surface area contributed by atoms with Gasteiger partial charge in [-0.15, -0.1) is 0 Å². The molecule has 0 aliphatic rings. The van der Waals surface area contributed by atoms with Gasteiger partial charge in [-0.3, -0.25) is 0 Å². The second-order valence-corrected chi connectivity index (χ2v) is 3.44. The molecule has 0 bridgehead atoms. The molecule has 2 nitrogen and oxygen atoms in total. The third-order valence-electron chi connectivity index (χ3n) is 1.78. The van der Waals surface area contributed by atoms with Crippen molar-refractivity contribution < 1.29 is 9.52 Å². The summed E-state index contributed by atoms with van der Waals surface area (Å²) in [6.45, 7) is 1.97. The molecule has 1 N–H and O–H groups in total. The lowest BCUT2D eigenvalue weighted by Gasteiger charge is -1.90. The van der Waals surface area contributed by atoms with E-state index in [-0.39, 0.29) is 5.75 Å². The van der Waals surface area contributed by atoms with Gasteiger partial charge < -0.3 is 9.52 Å². The van der Waals surface area contributed by atoms with Gasteiger partial charge in [0.15, 0.2) is 5.75 Å². The van der Waals surface area contributed by atoms with Gasteiger partial charge in [-0.2, -0.15) is 0 Å². The number of aromatic hydroxyl groups is 1. The Balaban J connectivity index is 2.88. The molecule has 1 aromatic carbocycles. The van der Waals surface area contributed by atoms with Crippen LogP contribution in [0, 0.1) is 6.92 Å². The van der Waals surface area contributed by atoms with Crippen molar-refractivity contribution in [3.05, 3.63) is 28.4 Å². The summed E-state index contributed by atoms with van der Waals surface area (Å²) in [4.78, 5) is 0. The van der Waals surface area contributed by atoms with Crippen LogP contribution in [-0.4, -0.2) is 5.11 Å². The van der Waals surface area contributed by atoms with Gasteiger partial charge >= 0.3 is 0 Å². The summed E-state index contributed by atoms with van der Waals surface area (Å²) in [7, 11) is 0. The molecule has 1 heterocycles. The second-order valence-electron chi connectivity index (χ2n) is 2.72. The predicted molar refractivity (Wildman–Crippen MR) is 50.3 cm³/mol. The van der Waals surface area contributed by atoms with Gasteiger partial charge in [0, 0.05) is 0 Å². The minimum absolute atomic E-state index is 0.175. The quantitative estimate of drug-likeness (QED) is 0.749. The first kappa shape index (κ1) is 7.68. The molecule has 0 radical (unpaired) electrons. The number of aryl methyl sites for hydroxylation is 1. The Bertz CT molecular complexity index is 431. The van der Waals surface area contributed by atoms with E-state index in [4.69, 9.17) is 4.42 Å². The van der Waals surface area contributed by atoms with E-state index in [9.17, 15) is 5.11 Å². The molecule has 0 aliphatic carbocycles. The van der Waals surface area contributed by atoms with Crippen LogP contribution in [0.2, 0.25) is 0 Å². The zero-order valence-electron chi connectivity index (χ0n) is 6.47. The van der Waals surface area contributed by atoms with Crippen molar-refractivity contribution in [3.8, 4) is 5.75 Å². The average molecular weight is 227 g/mol. The van der Waals surface area contributed by atoms with E-state index in [1.807, 2.05) is 25.1 Å². The maximum atomic E-state index is 9.48. The maximum Gasteiger partial charge on any atom is 0.212 e. The number of benzene rings is 1. The summed E-state index contributed by atoms with van der Waals surface area (Å²) in [6.07, 6.45) is 0. The molecule has 2 rings (SSSR count). The number of fused-ring (bicyclic) bond motifs is 1. The van der Waals surface area contributed by atoms with E-state index < -0.39 is 0 Å². The molecule has 0 spiro atoms. The van der Waals surface area contributed by atoms with Gasteiger partial charge in [0.05, 0.1) is 5.39 Å². The summed E-state index contributed by atoms with van der Waals surface area (Å²) in [5.74, 6) is 0.175. The highest BCUT2D eigenvalue weighted by molar-refractivity contribution is 9.10. The normalized spacial score (nSPS) is 10.8. The molecule has 0 atom stereocenters. The smallest absolute Gasteiger partial charge is 0.212 e. The highest BCUT2D eigenvalue weighted by Gasteiger charge is 2.09. The Morgan fingerprint density at radius 1 is 1.42 bits per heavy atom. The molecule has 2 aromatic rings. The highest BCUT2D eigenvalue weighted by Crippen LogP contribution is 2.35. The first-order chi connectivity index (χ1) is 5.68. The van der Waals surface area contributed by atoms with Gasteiger partial charge in [-0.25, -0.2) is 0 Å². The fourth-order valence-corrected chi connectivity index (χ4v) is 1.56. The fourth-order valence-electron chi connectivity index (χ4n) is 1.17. The Morgan fingerprint density at radius 3 is 2.92 bits per heavy atom. The molecular weight excluding hydrogens is 220 g/mol. The van der Waals surface area contributed by atoms with Crippen LogP contribution < -0.4 is 0 Å². The monoisotopic (exact) mass is 226 g/mol. The zero-order chi connectivity index (χ0) is 8.72. The lowest BCUT2D eigenvalue weighted by molar-refractivity contribution is 0.453. The molecule has 0 unspecified atom stereocenters. The third kappa shape index (κ3) is 1.01. The minimum Gasteiger partial charge on any atom is -0.503 e. The molecule has 0 amide bonds. The molecule has 0 aliphatic heterocycles. The largest absolute Gasteiger partial charge is 0.503 e. The molecule has 12 heavy (non-hydrogen) atoms. The summed E-state index contributed by atoms with van der Waals surface area (Å²) in [6, 6.07) is 5.67. The molecule has 3 heteroatoms. The van der Waals surface area contributed by atoms with E-state index in [0.29, 0.717) is 10.3 Å². The Labute approximate surface area is 77.9 Å². The van der Waals surface area contributed by atoms with E-state index >= 15 is 0 Å². The van der Waals surface area contributed by atoms with Crippen molar-refractivity contribution in [1.29, 1.82) is 0 Å². The van der Waals surface area contributed by atoms with E-state index in [0.717, 1.165) is 10.9 Å². The Kier molecular flexibility index (Phi) is 1.61. The predicted octanol–water partition coefficient (Wildman–Crippen LogP) is 3.21. The molecule has 0 saturated carbocycles. The third-order valence-corrected chi connectivity index (χ3v) is 2.31. The summed E-state index contributed by atoms with van der Waals surface area (Å²) < 4.78 is 5.61. The zero-order valence-corrected chi connectivity index (χ0v) is 8.05. The van der Waals surface area contributed by atoms with Crippen LogP contribution in [0.25, 0.3) is 11.0 Å².